The Morgan fingerprint density at radius 1 is 1.05 bits per heavy atom. The van der Waals surface area contributed by atoms with Crippen molar-refractivity contribution in [1.29, 1.82) is 0 Å². The third-order valence-electron chi connectivity index (χ3n) is 6.07. The molecule has 3 aliphatic carbocycles. The highest BCUT2D eigenvalue weighted by Gasteiger charge is 2.50. The Kier molecular flexibility index (Phi) is 4.32. The second-order valence-electron chi connectivity index (χ2n) is 7.65. The van der Waals surface area contributed by atoms with Crippen molar-refractivity contribution in [3.63, 3.8) is 0 Å². The van der Waals surface area contributed by atoms with Crippen molar-refractivity contribution in [2.45, 2.75) is 70.2 Å². The average Bonchev–Trinajstić information content (AvgIpc) is 2.75. The molecule has 22 heavy (non-hydrogen) atoms. The first-order valence-electron chi connectivity index (χ1n) is 8.52. The second-order valence-corrected chi connectivity index (χ2v) is 7.65. The van der Waals surface area contributed by atoms with E-state index in [1.165, 1.54) is 5.57 Å². The van der Waals surface area contributed by atoms with Gasteiger partial charge in [0.25, 0.3) is 0 Å². The van der Waals surface area contributed by atoms with Crippen LogP contribution in [0.4, 0.5) is 0 Å². The molecule has 122 valence electrons. The largest absolute Gasteiger partial charge is 0.393 e. The van der Waals surface area contributed by atoms with E-state index in [1.807, 2.05) is 0 Å². The zero-order valence-electron chi connectivity index (χ0n) is 13.5. The molecule has 3 aliphatic rings. The summed E-state index contributed by atoms with van der Waals surface area (Å²) in [7, 11) is 0. The minimum atomic E-state index is -0.362. The van der Waals surface area contributed by atoms with Gasteiger partial charge in [0.15, 0.2) is 0 Å². The molecular formula is C19H28O3. The zero-order chi connectivity index (χ0) is 15.9. The average molecular weight is 304 g/mol. The van der Waals surface area contributed by atoms with Crippen LogP contribution in [0.15, 0.2) is 35.5 Å². The molecule has 3 fully saturated rings. The lowest BCUT2D eigenvalue weighted by Gasteiger charge is -2.42. The highest BCUT2D eigenvalue weighted by atomic mass is 16.3. The van der Waals surface area contributed by atoms with E-state index in [1.54, 1.807) is 0 Å². The van der Waals surface area contributed by atoms with Gasteiger partial charge in [-0.25, -0.2) is 0 Å². The van der Waals surface area contributed by atoms with Crippen LogP contribution in [-0.4, -0.2) is 33.6 Å². The summed E-state index contributed by atoms with van der Waals surface area (Å²) in [4.78, 5) is 0. The van der Waals surface area contributed by atoms with Gasteiger partial charge < -0.3 is 15.3 Å². The minimum absolute atomic E-state index is 0.189. The Hall–Kier alpha value is -0.900. The lowest BCUT2D eigenvalue weighted by Crippen LogP contribution is -2.41. The predicted octanol–water partition coefficient (Wildman–Crippen LogP) is 2.87. The van der Waals surface area contributed by atoms with Crippen LogP contribution in [0.25, 0.3) is 0 Å². The van der Waals surface area contributed by atoms with Gasteiger partial charge in [0.2, 0.25) is 0 Å². The summed E-state index contributed by atoms with van der Waals surface area (Å²) in [5.74, 6) is 0.365. The highest BCUT2D eigenvalue weighted by Crippen LogP contribution is 2.54. The molecule has 3 saturated carbocycles. The highest BCUT2D eigenvalue weighted by molar-refractivity contribution is 5.36. The molecular weight excluding hydrogens is 276 g/mol. The molecule has 5 atom stereocenters. The molecule has 0 aromatic heterocycles. The van der Waals surface area contributed by atoms with Gasteiger partial charge in [-0.15, -0.1) is 0 Å². The molecule has 0 aliphatic heterocycles. The number of aliphatic hydroxyl groups is 3. The molecule has 3 N–H and O–H groups in total. The number of hydrogen-bond donors (Lipinski definition) is 3. The first-order chi connectivity index (χ1) is 10.4. The molecule has 0 aromatic rings. The number of allylic oxidation sites excluding steroid dienone is 3. The van der Waals surface area contributed by atoms with Gasteiger partial charge in [0.05, 0.1) is 18.3 Å². The summed E-state index contributed by atoms with van der Waals surface area (Å²) in [6.45, 7) is 6.22. The van der Waals surface area contributed by atoms with Gasteiger partial charge in [-0.2, -0.15) is 0 Å². The molecule has 0 unspecified atom stereocenters. The van der Waals surface area contributed by atoms with E-state index in [-0.39, 0.29) is 23.7 Å². The number of aliphatic hydroxyl groups excluding tert-OH is 3. The standard InChI is InChI=1S/C19H28O3/c1-12-3-6-15(20)9-13(12)4-5-14-10-16(21)11-19(2)17(14)7-8-18(19)22/h4-5,15-18,20-22H,1,3,6-11H2,2H3/t15-,16-,17+,18-,19+/m1/s1. The molecule has 0 saturated heterocycles. The molecule has 0 radical (unpaired) electrons. The number of rotatable bonds is 1. The fraction of sp³-hybridized carbons (Fsp3) is 0.684. The Labute approximate surface area is 133 Å². The van der Waals surface area contributed by atoms with Crippen molar-refractivity contribution in [1.82, 2.24) is 0 Å². The van der Waals surface area contributed by atoms with Gasteiger partial charge in [0, 0.05) is 5.41 Å². The van der Waals surface area contributed by atoms with Gasteiger partial charge in [-0.05, 0) is 56.4 Å². The molecule has 0 spiro atoms. The minimum Gasteiger partial charge on any atom is -0.393 e. The molecule has 3 nitrogen and oxygen atoms in total. The SMILES string of the molecule is C=C1CC[C@@H](O)CC1=CC=C1C[C@@H](O)C[C@]2(C)[C@H](O)CC[C@@H]12. The number of hydrogen-bond acceptors (Lipinski definition) is 3. The van der Waals surface area contributed by atoms with Gasteiger partial charge >= 0.3 is 0 Å². The maximum Gasteiger partial charge on any atom is 0.0600 e. The third kappa shape index (κ3) is 2.82. The molecule has 0 amide bonds. The predicted molar refractivity (Wildman–Crippen MR) is 87.2 cm³/mol. The van der Waals surface area contributed by atoms with Crippen LogP contribution in [0.1, 0.15) is 51.9 Å². The van der Waals surface area contributed by atoms with E-state index < -0.39 is 0 Å². The smallest absolute Gasteiger partial charge is 0.0600 e. The van der Waals surface area contributed by atoms with E-state index in [0.29, 0.717) is 25.2 Å². The summed E-state index contributed by atoms with van der Waals surface area (Å²) in [6, 6.07) is 0. The van der Waals surface area contributed by atoms with Crippen molar-refractivity contribution < 1.29 is 15.3 Å². The van der Waals surface area contributed by atoms with E-state index >= 15 is 0 Å². The van der Waals surface area contributed by atoms with Crippen LogP contribution in [-0.2, 0) is 0 Å². The molecule has 0 bridgehead atoms. The van der Waals surface area contributed by atoms with Gasteiger partial charge in [-0.3, -0.25) is 0 Å². The van der Waals surface area contributed by atoms with Crippen molar-refractivity contribution >= 4 is 0 Å². The Bertz CT molecular complexity index is 519. The second kappa shape index (κ2) is 5.95. The molecule has 0 aromatic carbocycles. The van der Waals surface area contributed by atoms with Crippen LogP contribution in [0.3, 0.4) is 0 Å². The number of fused-ring (bicyclic) bond motifs is 1. The maximum absolute atomic E-state index is 10.3. The van der Waals surface area contributed by atoms with E-state index in [9.17, 15) is 15.3 Å². The third-order valence-corrected chi connectivity index (χ3v) is 6.07. The zero-order valence-corrected chi connectivity index (χ0v) is 13.5. The summed E-state index contributed by atoms with van der Waals surface area (Å²) in [6.07, 6.45) is 8.84. The van der Waals surface area contributed by atoms with Crippen LogP contribution in [0.5, 0.6) is 0 Å². The van der Waals surface area contributed by atoms with Crippen molar-refractivity contribution in [2.75, 3.05) is 0 Å². The lowest BCUT2D eigenvalue weighted by molar-refractivity contribution is -0.0155. The normalized spacial score (nSPS) is 46.3. The van der Waals surface area contributed by atoms with E-state index in [0.717, 1.165) is 36.8 Å². The molecule has 3 heteroatoms. The molecule has 0 heterocycles. The summed E-state index contributed by atoms with van der Waals surface area (Å²) >= 11 is 0. The summed E-state index contributed by atoms with van der Waals surface area (Å²) in [5, 5.41) is 30.3. The Morgan fingerprint density at radius 2 is 1.82 bits per heavy atom. The lowest BCUT2D eigenvalue weighted by atomic mass is 9.65. The maximum atomic E-state index is 10.3. The Morgan fingerprint density at radius 3 is 2.59 bits per heavy atom. The topological polar surface area (TPSA) is 60.7 Å². The summed E-state index contributed by atoms with van der Waals surface area (Å²) < 4.78 is 0. The van der Waals surface area contributed by atoms with Gasteiger partial charge in [-0.1, -0.05) is 36.8 Å². The quantitative estimate of drug-likeness (QED) is 0.698. The summed E-state index contributed by atoms with van der Waals surface area (Å²) in [5.41, 5.74) is 3.31. The van der Waals surface area contributed by atoms with Crippen LogP contribution < -0.4 is 0 Å². The van der Waals surface area contributed by atoms with Crippen LogP contribution in [0.2, 0.25) is 0 Å². The van der Waals surface area contributed by atoms with Crippen molar-refractivity contribution in [3.05, 3.63) is 35.5 Å². The fourth-order valence-corrected chi connectivity index (χ4v) is 4.68. The van der Waals surface area contributed by atoms with Crippen molar-refractivity contribution in [2.24, 2.45) is 11.3 Å². The Balaban J connectivity index is 1.85. The van der Waals surface area contributed by atoms with Gasteiger partial charge in [0.1, 0.15) is 0 Å². The van der Waals surface area contributed by atoms with Crippen LogP contribution >= 0.6 is 0 Å². The van der Waals surface area contributed by atoms with Crippen molar-refractivity contribution in [3.8, 4) is 0 Å². The monoisotopic (exact) mass is 304 g/mol. The fourth-order valence-electron chi connectivity index (χ4n) is 4.68. The van der Waals surface area contributed by atoms with E-state index in [2.05, 4.69) is 25.7 Å². The molecule has 3 rings (SSSR count). The first-order valence-corrected chi connectivity index (χ1v) is 8.52. The first kappa shape index (κ1) is 16.0. The van der Waals surface area contributed by atoms with Crippen LogP contribution in [0, 0.1) is 11.3 Å². The van der Waals surface area contributed by atoms with E-state index in [4.69, 9.17) is 0 Å².